The number of nitrogens with one attached hydrogen (secondary N) is 1. The summed E-state index contributed by atoms with van der Waals surface area (Å²) in [5.41, 5.74) is 1.59. The van der Waals surface area contributed by atoms with Crippen molar-refractivity contribution in [2.24, 2.45) is 5.92 Å². The molecule has 0 atom stereocenters. The third-order valence-corrected chi connectivity index (χ3v) is 5.10. The fourth-order valence-corrected chi connectivity index (χ4v) is 3.41. The van der Waals surface area contributed by atoms with Gasteiger partial charge in [0, 0.05) is 31.1 Å². The van der Waals surface area contributed by atoms with E-state index >= 15 is 0 Å². The van der Waals surface area contributed by atoms with E-state index in [0.29, 0.717) is 50.2 Å². The first kappa shape index (κ1) is 19.9. The van der Waals surface area contributed by atoms with Crippen molar-refractivity contribution in [3.63, 3.8) is 0 Å². The van der Waals surface area contributed by atoms with Crippen molar-refractivity contribution in [2.45, 2.75) is 19.3 Å². The van der Waals surface area contributed by atoms with Gasteiger partial charge in [-0.2, -0.15) is 0 Å². The van der Waals surface area contributed by atoms with Crippen molar-refractivity contribution in [1.82, 2.24) is 10.2 Å². The highest BCUT2D eigenvalue weighted by atomic mass is 19.1. The van der Waals surface area contributed by atoms with E-state index < -0.39 is 0 Å². The molecule has 0 aromatic heterocycles. The predicted octanol–water partition coefficient (Wildman–Crippen LogP) is 3.05. The Morgan fingerprint density at radius 3 is 2.54 bits per heavy atom. The number of carbonyl (C=O) groups is 2. The van der Waals surface area contributed by atoms with E-state index in [0.717, 1.165) is 5.56 Å². The molecular formula is C22H25FN2O3. The molecule has 6 heteroatoms. The SMILES string of the molecule is COc1cccc(C(=O)N2CCC(C(=O)NCCc3ccc(F)cc3)CC2)c1. The standard InChI is InChI=1S/C22H25FN2O3/c1-28-20-4-2-3-18(15-20)22(27)25-13-10-17(11-14-25)21(26)24-12-9-16-5-7-19(23)8-6-16/h2-8,15,17H,9-14H2,1H3,(H,24,26). The van der Waals surface area contributed by atoms with Gasteiger partial charge in [0.15, 0.2) is 0 Å². The number of hydrogen-bond donors (Lipinski definition) is 1. The minimum Gasteiger partial charge on any atom is -0.497 e. The lowest BCUT2D eigenvalue weighted by molar-refractivity contribution is -0.126. The molecule has 1 fully saturated rings. The lowest BCUT2D eigenvalue weighted by Gasteiger charge is -2.31. The number of rotatable bonds is 6. The summed E-state index contributed by atoms with van der Waals surface area (Å²) in [5, 5.41) is 2.95. The summed E-state index contributed by atoms with van der Waals surface area (Å²) in [6, 6.07) is 13.4. The van der Waals surface area contributed by atoms with Gasteiger partial charge in [-0.1, -0.05) is 18.2 Å². The maximum atomic E-state index is 12.9. The first-order valence-corrected chi connectivity index (χ1v) is 9.52. The zero-order valence-electron chi connectivity index (χ0n) is 16.0. The lowest BCUT2D eigenvalue weighted by atomic mass is 9.95. The maximum absolute atomic E-state index is 12.9. The number of piperidine rings is 1. The minimum absolute atomic E-state index is 0.0237. The monoisotopic (exact) mass is 384 g/mol. The summed E-state index contributed by atoms with van der Waals surface area (Å²) >= 11 is 0. The van der Waals surface area contributed by atoms with Gasteiger partial charge in [-0.25, -0.2) is 4.39 Å². The Balaban J connectivity index is 1.44. The molecule has 1 heterocycles. The second-order valence-corrected chi connectivity index (χ2v) is 6.97. The molecule has 1 N–H and O–H groups in total. The summed E-state index contributed by atoms with van der Waals surface area (Å²) in [4.78, 5) is 26.8. The number of likely N-dealkylation sites (tertiary alicyclic amines) is 1. The molecule has 0 aliphatic carbocycles. The maximum Gasteiger partial charge on any atom is 0.253 e. The van der Waals surface area contributed by atoms with Gasteiger partial charge < -0.3 is 15.0 Å². The lowest BCUT2D eigenvalue weighted by Crippen LogP contribution is -2.43. The van der Waals surface area contributed by atoms with E-state index in [2.05, 4.69) is 5.32 Å². The molecule has 28 heavy (non-hydrogen) atoms. The Kier molecular flexibility index (Phi) is 6.63. The van der Waals surface area contributed by atoms with Crippen molar-refractivity contribution in [3.8, 4) is 5.75 Å². The zero-order valence-corrected chi connectivity index (χ0v) is 16.0. The van der Waals surface area contributed by atoms with Crippen molar-refractivity contribution >= 4 is 11.8 Å². The third-order valence-electron chi connectivity index (χ3n) is 5.10. The van der Waals surface area contributed by atoms with E-state index in [1.54, 1.807) is 48.4 Å². The molecule has 148 valence electrons. The normalized spacial score (nSPS) is 14.6. The van der Waals surface area contributed by atoms with Crippen LogP contribution in [0.1, 0.15) is 28.8 Å². The van der Waals surface area contributed by atoms with Gasteiger partial charge >= 0.3 is 0 Å². The molecule has 2 aromatic carbocycles. The molecule has 1 aliphatic rings. The molecule has 5 nitrogen and oxygen atoms in total. The number of amides is 2. The third kappa shape index (κ3) is 5.09. The van der Waals surface area contributed by atoms with Crippen molar-refractivity contribution in [1.29, 1.82) is 0 Å². The fourth-order valence-electron chi connectivity index (χ4n) is 3.41. The van der Waals surface area contributed by atoms with E-state index in [9.17, 15) is 14.0 Å². The molecular weight excluding hydrogens is 359 g/mol. The Labute approximate surface area is 164 Å². The molecule has 3 rings (SSSR count). The van der Waals surface area contributed by atoms with Gasteiger partial charge in [-0.3, -0.25) is 9.59 Å². The Hall–Kier alpha value is -2.89. The van der Waals surface area contributed by atoms with Crippen LogP contribution in [-0.2, 0) is 11.2 Å². The molecule has 1 aliphatic heterocycles. The van der Waals surface area contributed by atoms with Crippen LogP contribution in [0.3, 0.4) is 0 Å². The first-order chi connectivity index (χ1) is 13.6. The van der Waals surface area contributed by atoms with Crippen LogP contribution in [0.4, 0.5) is 4.39 Å². The van der Waals surface area contributed by atoms with Gasteiger partial charge in [0.05, 0.1) is 7.11 Å². The fraction of sp³-hybridized carbons (Fsp3) is 0.364. The van der Waals surface area contributed by atoms with Crippen LogP contribution in [0.15, 0.2) is 48.5 Å². The topological polar surface area (TPSA) is 58.6 Å². The second-order valence-electron chi connectivity index (χ2n) is 6.97. The number of nitrogens with zero attached hydrogens (tertiary/aromatic N) is 1. The van der Waals surface area contributed by atoms with E-state index in [1.807, 2.05) is 0 Å². The van der Waals surface area contributed by atoms with Crippen LogP contribution >= 0.6 is 0 Å². The summed E-state index contributed by atoms with van der Waals surface area (Å²) in [6.07, 6.45) is 1.97. The molecule has 0 radical (unpaired) electrons. The average molecular weight is 384 g/mol. The van der Waals surface area contributed by atoms with Crippen LogP contribution in [0.2, 0.25) is 0 Å². The Morgan fingerprint density at radius 2 is 1.86 bits per heavy atom. The van der Waals surface area contributed by atoms with Gasteiger partial charge in [0.2, 0.25) is 5.91 Å². The van der Waals surface area contributed by atoms with Crippen LogP contribution in [0.25, 0.3) is 0 Å². The number of carbonyl (C=O) groups excluding carboxylic acids is 2. The van der Waals surface area contributed by atoms with Crippen molar-refractivity contribution in [2.75, 3.05) is 26.7 Å². The number of hydrogen-bond acceptors (Lipinski definition) is 3. The zero-order chi connectivity index (χ0) is 19.9. The van der Waals surface area contributed by atoms with Crippen LogP contribution < -0.4 is 10.1 Å². The summed E-state index contributed by atoms with van der Waals surface area (Å²) in [7, 11) is 1.57. The minimum atomic E-state index is -0.261. The molecule has 0 saturated carbocycles. The first-order valence-electron chi connectivity index (χ1n) is 9.52. The highest BCUT2D eigenvalue weighted by molar-refractivity contribution is 5.94. The Morgan fingerprint density at radius 1 is 1.14 bits per heavy atom. The predicted molar refractivity (Wildman–Crippen MR) is 105 cm³/mol. The number of methoxy groups -OCH3 is 1. The Bertz CT molecular complexity index is 815. The summed E-state index contributed by atoms with van der Waals surface area (Å²) < 4.78 is 18.1. The van der Waals surface area contributed by atoms with Gasteiger partial charge in [0.1, 0.15) is 11.6 Å². The molecule has 0 spiro atoms. The van der Waals surface area contributed by atoms with Gasteiger partial charge in [-0.15, -0.1) is 0 Å². The van der Waals surface area contributed by atoms with Gasteiger partial charge in [0.25, 0.3) is 5.91 Å². The van der Waals surface area contributed by atoms with E-state index in [-0.39, 0.29) is 23.5 Å². The van der Waals surface area contributed by atoms with Crippen LogP contribution in [0.5, 0.6) is 5.75 Å². The highest BCUT2D eigenvalue weighted by Gasteiger charge is 2.27. The summed E-state index contributed by atoms with van der Waals surface area (Å²) in [5.74, 6) is 0.302. The smallest absolute Gasteiger partial charge is 0.253 e. The average Bonchev–Trinajstić information content (AvgIpc) is 2.74. The van der Waals surface area contributed by atoms with E-state index in [4.69, 9.17) is 4.74 Å². The van der Waals surface area contributed by atoms with Crippen molar-refractivity contribution in [3.05, 3.63) is 65.5 Å². The molecule has 2 aromatic rings. The van der Waals surface area contributed by atoms with E-state index in [1.165, 1.54) is 12.1 Å². The van der Waals surface area contributed by atoms with Crippen LogP contribution in [-0.4, -0.2) is 43.5 Å². The number of ether oxygens (including phenoxy) is 1. The van der Waals surface area contributed by atoms with Gasteiger partial charge in [-0.05, 0) is 55.2 Å². The molecule has 0 bridgehead atoms. The molecule has 2 amide bonds. The quantitative estimate of drug-likeness (QED) is 0.833. The number of halogens is 1. The van der Waals surface area contributed by atoms with Crippen molar-refractivity contribution < 1.29 is 18.7 Å². The molecule has 1 saturated heterocycles. The largest absolute Gasteiger partial charge is 0.497 e. The summed E-state index contributed by atoms with van der Waals surface area (Å²) in [6.45, 7) is 1.64. The van der Waals surface area contributed by atoms with Crippen LogP contribution in [0, 0.1) is 11.7 Å². The second kappa shape index (κ2) is 9.35. The molecule has 0 unspecified atom stereocenters. The highest BCUT2D eigenvalue weighted by Crippen LogP contribution is 2.21. The number of benzene rings is 2.